The van der Waals surface area contributed by atoms with Gasteiger partial charge in [0.25, 0.3) is 5.91 Å². The van der Waals surface area contributed by atoms with Gasteiger partial charge in [-0.2, -0.15) is 0 Å². The summed E-state index contributed by atoms with van der Waals surface area (Å²) in [6.07, 6.45) is 4.15. The zero-order chi connectivity index (χ0) is 24.2. The Hall–Kier alpha value is -3.07. The number of rotatable bonds is 9. The van der Waals surface area contributed by atoms with Crippen LogP contribution in [0.5, 0.6) is 17.2 Å². The number of aryl methyl sites for hydroxylation is 2. The molecule has 0 spiro atoms. The SMILES string of the molecule is CCc1nc(NCCNC(=O)c2cc(OC)c(OC)c(OC)c2)c2c3c(sc2n1)C[C@@H](C)CC3. The lowest BCUT2D eigenvalue weighted by atomic mass is 9.89. The first-order valence-electron chi connectivity index (χ1n) is 11.6. The molecule has 3 aromatic rings. The van der Waals surface area contributed by atoms with Crippen molar-refractivity contribution in [3.63, 3.8) is 0 Å². The highest BCUT2D eigenvalue weighted by molar-refractivity contribution is 7.19. The lowest BCUT2D eigenvalue weighted by molar-refractivity contribution is 0.0954. The van der Waals surface area contributed by atoms with Crippen molar-refractivity contribution in [3.05, 3.63) is 34.0 Å². The summed E-state index contributed by atoms with van der Waals surface area (Å²) in [5, 5.41) is 7.56. The van der Waals surface area contributed by atoms with E-state index in [1.54, 1.807) is 23.5 Å². The van der Waals surface area contributed by atoms with Gasteiger partial charge in [0.1, 0.15) is 16.5 Å². The number of carbonyl (C=O) groups is 1. The second-order valence-electron chi connectivity index (χ2n) is 8.47. The number of amides is 1. The van der Waals surface area contributed by atoms with E-state index in [0.29, 0.717) is 41.8 Å². The van der Waals surface area contributed by atoms with Crippen LogP contribution in [0.15, 0.2) is 12.1 Å². The van der Waals surface area contributed by atoms with Crippen LogP contribution in [-0.2, 0) is 19.3 Å². The van der Waals surface area contributed by atoms with Crippen LogP contribution in [0.2, 0.25) is 0 Å². The predicted molar refractivity (Wildman–Crippen MR) is 135 cm³/mol. The van der Waals surface area contributed by atoms with Crippen LogP contribution in [0.3, 0.4) is 0 Å². The van der Waals surface area contributed by atoms with Gasteiger partial charge < -0.3 is 24.8 Å². The van der Waals surface area contributed by atoms with Crippen molar-refractivity contribution in [2.75, 3.05) is 39.7 Å². The van der Waals surface area contributed by atoms with Gasteiger partial charge in [-0.3, -0.25) is 4.79 Å². The molecule has 0 fully saturated rings. The van der Waals surface area contributed by atoms with Crippen LogP contribution in [0.4, 0.5) is 5.82 Å². The van der Waals surface area contributed by atoms with Crippen LogP contribution in [0.25, 0.3) is 10.2 Å². The molecule has 2 aromatic heterocycles. The van der Waals surface area contributed by atoms with Crippen molar-refractivity contribution in [1.29, 1.82) is 0 Å². The monoisotopic (exact) mass is 484 g/mol. The summed E-state index contributed by atoms with van der Waals surface area (Å²) in [5.74, 6) is 3.54. The number of fused-ring (bicyclic) bond motifs is 3. The first-order chi connectivity index (χ1) is 16.5. The smallest absolute Gasteiger partial charge is 0.251 e. The maximum Gasteiger partial charge on any atom is 0.251 e. The molecule has 9 heteroatoms. The molecule has 182 valence electrons. The number of anilines is 1. The summed E-state index contributed by atoms with van der Waals surface area (Å²) in [4.78, 5) is 24.8. The van der Waals surface area contributed by atoms with E-state index in [2.05, 4.69) is 24.5 Å². The van der Waals surface area contributed by atoms with E-state index in [9.17, 15) is 4.79 Å². The van der Waals surface area contributed by atoms with Crippen molar-refractivity contribution < 1.29 is 19.0 Å². The average Bonchev–Trinajstić information content (AvgIpc) is 3.22. The average molecular weight is 485 g/mol. The van der Waals surface area contributed by atoms with E-state index in [4.69, 9.17) is 24.2 Å². The zero-order valence-corrected chi connectivity index (χ0v) is 21.2. The number of nitrogens with one attached hydrogen (secondary N) is 2. The molecule has 0 unspecified atom stereocenters. The molecule has 0 saturated carbocycles. The van der Waals surface area contributed by atoms with E-state index in [0.717, 1.165) is 41.1 Å². The van der Waals surface area contributed by atoms with E-state index >= 15 is 0 Å². The van der Waals surface area contributed by atoms with Gasteiger partial charge in [0.15, 0.2) is 11.5 Å². The molecular weight excluding hydrogens is 452 g/mol. The largest absolute Gasteiger partial charge is 0.493 e. The molecule has 0 radical (unpaired) electrons. The first-order valence-corrected chi connectivity index (χ1v) is 12.4. The topological polar surface area (TPSA) is 94.6 Å². The quantitative estimate of drug-likeness (QED) is 0.439. The van der Waals surface area contributed by atoms with Crippen LogP contribution in [0.1, 0.15) is 46.9 Å². The molecule has 1 aliphatic rings. The van der Waals surface area contributed by atoms with E-state index in [1.807, 2.05) is 0 Å². The second kappa shape index (κ2) is 10.5. The summed E-state index contributed by atoms with van der Waals surface area (Å²) in [6, 6.07) is 3.29. The molecule has 0 aliphatic heterocycles. The summed E-state index contributed by atoms with van der Waals surface area (Å²) >= 11 is 1.80. The summed E-state index contributed by atoms with van der Waals surface area (Å²) < 4.78 is 16.0. The van der Waals surface area contributed by atoms with Gasteiger partial charge in [-0.05, 0) is 42.9 Å². The predicted octanol–water partition coefficient (Wildman–Crippen LogP) is 4.25. The molecule has 8 nitrogen and oxygen atoms in total. The molecule has 1 amide bonds. The maximum atomic E-state index is 12.8. The zero-order valence-electron chi connectivity index (χ0n) is 20.4. The Bertz CT molecular complexity index is 1170. The Labute approximate surface area is 204 Å². The molecule has 0 saturated heterocycles. The van der Waals surface area contributed by atoms with Gasteiger partial charge >= 0.3 is 0 Å². The molecule has 2 heterocycles. The third kappa shape index (κ3) is 4.75. The maximum absolute atomic E-state index is 12.8. The number of nitrogens with zero attached hydrogens (tertiary/aromatic N) is 2. The fourth-order valence-electron chi connectivity index (χ4n) is 4.34. The fourth-order valence-corrected chi connectivity index (χ4v) is 5.75. The summed E-state index contributed by atoms with van der Waals surface area (Å²) in [7, 11) is 4.59. The normalized spacial score (nSPS) is 15.0. The molecule has 2 N–H and O–H groups in total. The molecule has 1 aliphatic carbocycles. The van der Waals surface area contributed by atoms with Gasteiger partial charge in [-0.25, -0.2) is 9.97 Å². The van der Waals surface area contributed by atoms with Crippen LogP contribution >= 0.6 is 11.3 Å². The highest BCUT2D eigenvalue weighted by Gasteiger charge is 2.24. The lowest BCUT2D eigenvalue weighted by Gasteiger charge is -2.18. The van der Waals surface area contributed by atoms with Gasteiger partial charge in [0, 0.05) is 30.0 Å². The molecule has 1 atom stereocenters. The lowest BCUT2D eigenvalue weighted by Crippen LogP contribution is -2.29. The second-order valence-corrected chi connectivity index (χ2v) is 9.55. The number of aromatic nitrogens is 2. The van der Waals surface area contributed by atoms with Crippen molar-refractivity contribution in [2.24, 2.45) is 5.92 Å². The fraction of sp³-hybridized carbons (Fsp3) is 0.480. The Morgan fingerprint density at radius 1 is 1.12 bits per heavy atom. The minimum Gasteiger partial charge on any atom is -0.493 e. The van der Waals surface area contributed by atoms with Gasteiger partial charge in [-0.1, -0.05) is 13.8 Å². The van der Waals surface area contributed by atoms with Gasteiger partial charge in [0.2, 0.25) is 5.75 Å². The van der Waals surface area contributed by atoms with Crippen molar-refractivity contribution >= 4 is 33.3 Å². The molecular formula is C25H32N4O4S. The number of thiophene rings is 1. The summed E-state index contributed by atoms with van der Waals surface area (Å²) in [6.45, 7) is 5.36. The highest BCUT2D eigenvalue weighted by Crippen LogP contribution is 2.40. The Balaban J connectivity index is 1.47. The minimum atomic E-state index is -0.218. The Morgan fingerprint density at radius 3 is 2.50 bits per heavy atom. The number of ether oxygens (including phenoxy) is 3. The minimum absolute atomic E-state index is 0.218. The van der Waals surface area contributed by atoms with E-state index in [1.165, 1.54) is 38.2 Å². The van der Waals surface area contributed by atoms with Gasteiger partial charge in [0.05, 0.1) is 26.7 Å². The molecule has 1 aromatic carbocycles. The van der Waals surface area contributed by atoms with Crippen molar-refractivity contribution in [2.45, 2.75) is 39.5 Å². The molecule has 4 rings (SSSR count). The number of hydrogen-bond acceptors (Lipinski definition) is 8. The number of benzene rings is 1. The third-order valence-corrected chi connectivity index (χ3v) is 7.30. The Kier molecular flexibility index (Phi) is 7.41. The van der Waals surface area contributed by atoms with Crippen molar-refractivity contribution in [3.8, 4) is 17.2 Å². The Morgan fingerprint density at radius 2 is 1.85 bits per heavy atom. The third-order valence-electron chi connectivity index (χ3n) is 6.15. The van der Waals surface area contributed by atoms with Crippen LogP contribution in [-0.4, -0.2) is 50.3 Å². The number of methoxy groups -OCH3 is 3. The number of hydrogen-bond donors (Lipinski definition) is 2. The molecule has 34 heavy (non-hydrogen) atoms. The summed E-state index contributed by atoms with van der Waals surface area (Å²) in [5.41, 5.74) is 1.83. The van der Waals surface area contributed by atoms with Crippen LogP contribution < -0.4 is 24.8 Å². The highest BCUT2D eigenvalue weighted by atomic mass is 32.1. The van der Waals surface area contributed by atoms with E-state index in [-0.39, 0.29) is 5.91 Å². The van der Waals surface area contributed by atoms with Crippen LogP contribution in [0, 0.1) is 5.92 Å². The standard InChI is InChI=1S/C25H32N4O4S/c1-6-20-28-23(21-16-8-7-14(2)11-19(16)34-25(21)29-20)26-9-10-27-24(30)15-12-17(31-3)22(33-5)18(13-15)32-4/h12-14H,6-11H2,1-5H3,(H,27,30)(H,26,28,29)/t14-/m0/s1. The van der Waals surface area contributed by atoms with Gasteiger partial charge in [-0.15, -0.1) is 11.3 Å². The molecule has 0 bridgehead atoms. The van der Waals surface area contributed by atoms with Crippen molar-refractivity contribution in [1.82, 2.24) is 15.3 Å². The van der Waals surface area contributed by atoms with E-state index < -0.39 is 0 Å². The number of carbonyl (C=O) groups excluding carboxylic acids is 1. The first kappa shape index (κ1) is 24.1.